The molecular formula is C27H21N7OS. The quantitative estimate of drug-likeness (QED) is 0.241. The van der Waals surface area contributed by atoms with Crippen LogP contribution < -0.4 is 15.8 Å². The van der Waals surface area contributed by atoms with Gasteiger partial charge in [-0.2, -0.15) is 5.10 Å². The molecule has 0 atom stereocenters. The van der Waals surface area contributed by atoms with Crippen LogP contribution in [-0.4, -0.2) is 25.4 Å². The third-order valence-electron chi connectivity index (χ3n) is 5.71. The number of rotatable bonds is 6. The van der Waals surface area contributed by atoms with Crippen LogP contribution in [0, 0.1) is 6.92 Å². The number of aryl methyl sites for hydroxylation is 1. The van der Waals surface area contributed by atoms with Gasteiger partial charge in [-0.05, 0) is 60.3 Å². The minimum atomic E-state index is 0.447. The first-order valence-corrected chi connectivity index (χ1v) is 12.1. The summed E-state index contributed by atoms with van der Waals surface area (Å²) in [6.07, 6.45) is 3.33. The lowest BCUT2D eigenvalue weighted by molar-refractivity contribution is 0.465. The first-order chi connectivity index (χ1) is 17.7. The van der Waals surface area contributed by atoms with Crippen molar-refractivity contribution in [1.29, 1.82) is 0 Å². The Bertz CT molecular complexity index is 1670. The van der Waals surface area contributed by atoms with Crippen LogP contribution in [0.1, 0.15) is 5.56 Å². The van der Waals surface area contributed by atoms with Crippen molar-refractivity contribution < 1.29 is 4.74 Å². The molecule has 0 unspecified atom stereocenters. The fraction of sp³-hybridized carbons (Fsp3) is 0.0370. The van der Waals surface area contributed by atoms with Crippen molar-refractivity contribution in [3.05, 3.63) is 90.1 Å². The number of hydrogen-bond acceptors (Lipinski definition) is 8. The van der Waals surface area contributed by atoms with E-state index < -0.39 is 0 Å². The average Bonchev–Trinajstić information content (AvgIpc) is 3.53. The molecule has 36 heavy (non-hydrogen) atoms. The molecule has 0 spiro atoms. The van der Waals surface area contributed by atoms with E-state index in [1.54, 1.807) is 23.7 Å². The number of hydrogen-bond donors (Lipinski definition) is 3. The minimum Gasteiger partial charge on any atom is -0.438 e. The van der Waals surface area contributed by atoms with E-state index in [2.05, 4.69) is 61.2 Å². The predicted molar refractivity (Wildman–Crippen MR) is 144 cm³/mol. The molecule has 6 aromatic rings. The zero-order chi connectivity index (χ0) is 24.5. The Hall–Kier alpha value is -4.76. The van der Waals surface area contributed by atoms with Crippen LogP contribution in [0.2, 0.25) is 0 Å². The molecule has 0 saturated heterocycles. The summed E-state index contributed by atoms with van der Waals surface area (Å²) >= 11 is 1.68. The van der Waals surface area contributed by atoms with Gasteiger partial charge < -0.3 is 15.8 Å². The molecule has 4 heterocycles. The number of nitrogens with two attached hydrogens (primary N) is 1. The molecule has 176 valence electrons. The summed E-state index contributed by atoms with van der Waals surface area (Å²) in [5.41, 5.74) is 10.5. The van der Waals surface area contributed by atoms with Crippen molar-refractivity contribution in [3.8, 4) is 33.3 Å². The zero-order valence-electron chi connectivity index (χ0n) is 19.3. The van der Waals surface area contributed by atoms with E-state index in [4.69, 9.17) is 10.5 Å². The van der Waals surface area contributed by atoms with Crippen molar-refractivity contribution in [2.45, 2.75) is 6.92 Å². The number of anilines is 3. The molecule has 0 aliphatic rings. The second-order valence-electron chi connectivity index (χ2n) is 8.24. The number of thiophene rings is 1. The topological polar surface area (TPSA) is 115 Å². The van der Waals surface area contributed by atoms with Gasteiger partial charge in [-0.1, -0.05) is 24.3 Å². The summed E-state index contributed by atoms with van der Waals surface area (Å²) < 4.78 is 6.07. The van der Waals surface area contributed by atoms with E-state index in [1.807, 2.05) is 48.5 Å². The van der Waals surface area contributed by atoms with Crippen LogP contribution in [0.5, 0.6) is 11.6 Å². The van der Waals surface area contributed by atoms with Gasteiger partial charge in [0.2, 0.25) is 5.88 Å². The Balaban J connectivity index is 1.26. The van der Waals surface area contributed by atoms with E-state index in [0.29, 0.717) is 23.3 Å². The molecule has 2 aromatic carbocycles. The maximum Gasteiger partial charge on any atom is 0.227 e. The van der Waals surface area contributed by atoms with Crippen LogP contribution in [0.4, 0.5) is 17.3 Å². The number of aromatic nitrogens is 5. The summed E-state index contributed by atoms with van der Waals surface area (Å²) in [6, 6.07) is 21.6. The lowest BCUT2D eigenvalue weighted by Crippen LogP contribution is -1.99. The highest BCUT2D eigenvalue weighted by molar-refractivity contribution is 7.13. The van der Waals surface area contributed by atoms with Gasteiger partial charge in [0.25, 0.3) is 0 Å². The molecule has 0 fully saturated rings. The molecule has 0 aliphatic carbocycles. The monoisotopic (exact) mass is 491 g/mol. The highest BCUT2D eigenvalue weighted by Crippen LogP contribution is 2.36. The molecule has 0 amide bonds. The number of nitrogen functional groups attached to an aromatic ring is 1. The lowest BCUT2D eigenvalue weighted by atomic mass is 10.1. The van der Waals surface area contributed by atoms with Crippen molar-refractivity contribution in [2.24, 2.45) is 0 Å². The van der Waals surface area contributed by atoms with Crippen molar-refractivity contribution in [2.75, 3.05) is 11.1 Å². The molecule has 4 N–H and O–H groups in total. The second kappa shape index (κ2) is 9.12. The third kappa shape index (κ3) is 4.12. The molecule has 9 heteroatoms. The normalized spacial score (nSPS) is 11.0. The summed E-state index contributed by atoms with van der Waals surface area (Å²) in [4.78, 5) is 5.48. The van der Waals surface area contributed by atoms with Gasteiger partial charge in [0.15, 0.2) is 5.82 Å². The summed E-state index contributed by atoms with van der Waals surface area (Å²) in [5, 5.41) is 23.4. The van der Waals surface area contributed by atoms with Gasteiger partial charge in [0, 0.05) is 33.8 Å². The van der Waals surface area contributed by atoms with E-state index in [1.165, 1.54) is 5.56 Å². The highest BCUT2D eigenvalue weighted by atomic mass is 32.1. The Kier molecular flexibility index (Phi) is 5.51. The van der Waals surface area contributed by atoms with Crippen LogP contribution in [0.25, 0.3) is 32.5 Å². The van der Waals surface area contributed by atoms with Crippen molar-refractivity contribution in [1.82, 2.24) is 25.4 Å². The molecular weight excluding hydrogens is 470 g/mol. The van der Waals surface area contributed by atoms with Crippen LogP contribution in [-0.2, 0) is 0 Å². The first-order valence-electron chi connectivity index (χ1n) is 11.3. The SMILES string of the molecule is Cc1csc(-c2nnc(Nc3ccc(Oc4ncccc4-c4cn[nH]c4N)cc3)c3ccccc23)c1. The highest BCUT2D eigenvalue weighted by Gasteiger charge is 2.14. The number of H-pyrrole nitrogens is 1. The van der Waals surface area contributed by atoms with Gasteiger partial charge >= 0.3 is 0 Å². The van der Waals surface area contributed by atoms with Gasteiger partial charge in [0.1, 0.15) is 17.3 Å². The fourth-order valence-corrected chi connectivity index (χ4v) is 4.87. The third-order valence-corrected chi connectivity index (χ3v) is 6.77. The van der Waals surface area contributed by atoms with Crippen LogP contribution in [0.15, 0.2) is 84.5 Å². The van der Waals surface area contributed by atoms with Gasteiger partial charge in [-0.25, -0.2) is 4.98 Å². The second-order valence-corrected chi connectivity index (χ2v) is 9.15. The molecule has 0 saturated carbocycles. The molecule has 6 rings (SSSR count). The van der Waals surface area contributed by atoms with E-state index >= 15 is 0 Å². The smallest absolute Gasteiger partial charge is 0.227 e. The zero-order valence-corrected chi connectivity index (χ0v) is 20.1. The van der Waals surface area contributed by atoms with Crippen molar-refractivity contribution >= 4 is 39.4 Å². The molecule has 8 nitrogen and oxygen atoms in total. The Morgan fingerprint density at radius 2 is 1.78 bits per heavy atom. The standard InChI is InChI=1S/C27H21N7OS/c1-16-13-23(36-15-16)24-19-5-2-3-6-20(19)26(34-32-24)31-17-8-10-18(11-9-17)35-27-21(7-4-12-29-27)22-14-30-33-25(22)28/h2-15H,1H3,(H,31,34)(H3,28,30,33). The largest absolute Gasteiger partial charge is 0.438 e. The molecule has 0 radical (unpaired) electrons. The van der Waals surface area contributed by atoms with Crippen LogP contribution >= 0.6 is 11.3 Å². The fourth-order valence-electron chi connectivity index (χ4n) is 3.98. The number of aromatic amines is 1. The Morgan fingerprint density at radius 1 is 0.944 bits per heavy atom. The summed E-state index contributed by atoms with van der Waals surface area (Å²) in [7, 11) is 0. The van der Waals surface area contributed by atoms with Crippen LogP contribution in [0.3, 0.4) is 0 Å². The molecule has 0 aliphatic heterocycles. The van der Waals surface area contributed by atoms with Gasteiger partial charge in [-0.3, -0.25) is 5.10 Å². The van der Waals surface area contributed by atoms with E-state index in [0.717, 1.165) is 38.2 Å². The maximum absolute atomic E-state index is 6.07. The number of nitrogens with one attached hydrogen (secondary N) is 2. The number of pyridine rings is 1. The summed E-state index contributed by atoms with van der Waals surface area (Å²) in [5.74, 6) is 2.24. The van der Waals surface area contributed by atoms with Gasteiger partial charge in [-0.15, -0.1) is 21.5 Å². The van der Waals surface area contributed by atoms with E-state index in [9.17, 15) is 0 Å². The number of fused-ring (bicyclic) bond motifs is 1. The first kappa shape index (κ1) is 21.8. The Morgan fingerprint density at radius 3 is 2.53 bits per heavy atom. The maximum atomic E-state index is 6.07. The van der Waals surface area contributed by atoms with E-state index in [-0.39, 0.29) is 0 Å². The minimum absolute atomic E-state index is 0.447. The number of benzene rings is 2. The number of ether oxygens (including phenoxy) is 1. The Labute approximate surface area is 210 Å². The lowest BCUT2D eigenvalue weighted by Gasteiger charge is -2.12. The average molecular weight is 492 g/mol. The molecule has 4 aromatic heterocycles. The molecule has 0 bridgehead atoms. The van der Waals surface area contributed by atoms with Gasteiger partial charge in [0.05, 0.1) is 11.1 Å². The number of nitrogens with zero attached hydrogens (tertiary/aromatic N) is 4. The van der Waals surface area contributed by atoms with Crippen molar-refractivity contribution in [3.63, 3.8) is 0 Å². The summed E-state index contributed by atoms with van der Waals surface area (Å²) in [6.45, 7) is 2.08. The predicted octanol–water partition coefficient (Wildman–Crippen LogP) is 6.57.